The Morgan fingerprint density at radius 2 is 1.76 bits per heavy atom. The third-order valence-corrected chi connectivity index (χ3v) is 3.86. The molecule has 0 N–H and O–H groups in total. The number of rotatable bonds is 5. The van der Waals surface area contributed by atoms with Crippen molar-refractivity contribution in [2.45, 2.75) is 13.2 Å². The summed E-state index contributed by atoms with van der Waals surface area (Å²) in [5.74, 6) is -3.41. The van der Waals surface area contributed by atoms with Gasteiger partial charge in [0.2, 0.25) is 10.0 Å². The Morgan fingerprint density at radius 3 is 2.43 bits per heavy atom. The van der Waals surface area contributed by atoms with Crippen molar-refractivity contribution in [2.75, 3.05) is 6.26 Å². The minimum Gasteiger partial charge on any atom is -0.370 e. The van der Waals surface area contributed by atoms with Crippen LogP contribution >= 0.6 is 0 Å². The molecule has 1 aromatic heterocycles. The Bertz CT molecular complexity index is 756. The van der Waals surface area contributed by atoms with E-state index in [9.17, 15) is 21.6 Å². The van der Waals surface area contributed by atoms with E-state index in [1.54, 1.807) is 0 Å². The molecular weight excluding hydrogens is 307 g/mol. The molecule has 2 rings (SSSR count). The first-order valence-electron chi connectivity index (χ1n) is 5.87. The number of aromatic nitrogens is 1. The van der Waals surface area contributed by atoms with Crippen LogP contribution in [0.2, 0.25) is 0 Å². The minimum atomic E-state index is -3.48. The van der Waals surface area contributed by atoms with Gasteiger partial charge in [-0.1, -0.05) is 0 Å². The molecule has 114 valence electrons. The van der Waals surface area contributed by atoms with Crippen LogP contribution in [0.1, 0.15) is 11.3 Å². The molecule has 0 radical (unpaired) electrons. The zero-order valence-corrected chi connectivity index (χ0v) is 11.8. The van der Waals surface area contributed by atoms with E-state index in [1.165, 1.54) is 18.3 Å². The van der Waals surface area contributed by atoms with Crippen LogP contribution in [0.4, 0.5) is 13.2 Å². The van der Waals surface area contributed by atoms with Crippen molar-refractivity contribution in [1.82, 2.24) is 3.97 Å². The summed E-state index contributed by atoms with van der Waals surface area (Å²) in [5, 5.41) is 0. The van der Waals surface area contributed by atoms with Gasteiger partial charge in [-0.05, 0) is 24.3 Å². The standard InChI is InChI=1S/C13H12F3NO3S/c1-21(18,19)17-6-2-3-9(17)7-20-8-10-11(14)4-5-12(15)13(10)16/h2-6H,7-8H2,1H3. The highest BCUT2D eigenvalue weighted by Crippen LogP contribution is 2.17. The number of hydrogen-bond acceptors (Lipinski definition) is 3. The van der Waals surface area contributed by atoms with Gasteiger partial charge in [-0.15, -0.1) is 0 Å². The lowest BCUT2D eigenvalue weighted by Crippen LogP contribution is -2.13. The van der Waals surface area contributed by atoms with Crippen LogP contribution in [0.25, 0.3) is 0 Å². The average molecular weight is 319 g/mol. The molecule has 0 aliphatic carbocycles. The second-order valence-electron chi connectivity index (χ2n) is 4.37. The smallest absolute Gasteiger partial charge is 0.235 e. The van der Waals surface area contributed by atoms with E-state index >= 15 is 0 Å². The van der Waals surface area contributed by atoms with Crippen LogP contribution in [-0.2, 0) is 28.0 Å². The van der Waals surface area contributed by atoms with Gasteiger partial charge in [0.25, 0.3) is 0 Å². The van der Waals surface area contributed by atoms with Crippen LogP contribution in [0, 0.1) is 17.5 Å². The molecule has 1 aromatic carbocycles. The predicted molar refractivity (Wildman–Crippen MR) is 69.5 cm³/mol. The molecular formula is C13H12F3NO3S. The Morgan fingerprint density at radius 1 is 1.10 bits per heavy atom. The van der Waals surface area contributed by atoms with Gasteiger partial charge in [-0.2, -0.15) is 0 Å². The second-order valence-corrected chi connectivity index (χ2v) is 6.23. The first kappa shape index (κ1) is 15.6. The molecule has 8 heteroatoms. The molecule has 0 spiro atoms. The lowest BCUT2D eigenvalue weighted by Gasteiger charge is -2.09. The maximum absolute atomic E-state index is 13.4. The average Bonchev–Trinajstić information content (AvgIpc) is 2.86. The van der Waals surface area contributed by atoms with Gasteiger partial charge in [0.15, 0.2) is 11.6 Å². The zero-order valence-electron chi connectivity index (χ0n) is 11.0. The highest BCUT2D eigenvalue weighted by Gasteiger charge is 2.15. The number of ether oxygens (including phenoxy) is 1. The molecule has 0 saturated carbocycles. The van der Waals surface area contributed by atoms with Gasteiger partial charge in [0.05, 0.1) is 30.7 Å². The Kier molecular flexibility index (Phi) is 4.38. The molecule has 0 saturated heterocycles. The van der Waals surface area contributed by atoms with Crippen LogP contribution < -0.4 is 0 Å². The fraction of sp³-hybridized carbons (Fsp3) is 0.231. The third-order valence-electron chi connectivity index (χ3n) is 2.79. The van der Waals surface area contributed by atoms with E-state index in [0.29, 0.717) is 11.8 Å². The highest BCUT2D eigenvalue weighted by molar-refractivity contribution is 7.89. The Balaban J connectivity index is 2.10. The molecule has 1 heterocycles. The summed E-state index contributed by atoms with van der Waals surface area (Å²) in [6, 6.07) is 4.49. The van der Waals surface area contributed by atoms with Crippen LogP contribution in [-0.4, -0.2) is 18.6 Å². The molecule has 0 unspecified atom stereocenters. The molecule has 0 bridgehead atoms. The largest absolute Gasteiger partial charge is 0.370 e. The Hall–Kier alpha value is -1.80. The van der Waals surface area contributed by atoms with Crippen molar-refractivity contribution in [3.8, 4) is 0 Å². The second kappa shape index (κ2) is 5.90. The SMILES string of the molecule is CS(=O)(=O)n1cccc1COCc1c(F)ccc(F)c1F. The summed E-state index contributed by atoms with van der Waals surface area (Å²) in [6.07, 6.45) is 2.35. The fourth-order valence-corrected chi connectivity index (χ4v) is 2.63. The van der Waals surface area contributed by atoms with Crippen molar-refractivity contribution < 1.29 is 26.3 Å². The quantitative estimate of drug-likeness (QED) is 0.795. The Labute approximate surface area is 119 Å². The van der Waals surface area contributed by atoms with E-state index < -0.39 is 39.6 Å². The van der Waals surface area contributed by atoms with E-state index in [-0.39, 0.29) is 6.61 Å². The summed E-state index contributed by atoms with van der Waals surface area (Å²) >= 11 is 0. The van der Waals surface area contributed by atoms with Gasteiger partial charge in [-0.25, -0.2) is 25.6 Å². The summed E-state index contributed by atoms with van der Waals surface area (Å²) in [4.78, 5) is 0. The van der Waals surface area contributed by atoms with Crippen molar-refractivity contribution >= 4 is 10.0 Å². The van der Waals surface area contributed by atoms with Crippen LogP contribution in [0.15, 0.2) is 30.5 Å². The van der Waals surface area contributed by atoms with Gasteiger partial charge >= 0.3 is 0 Å². The third kappa shape index (κ3) is 3.45. The van der Waals surface area contributed by atoms with E-state index in [2.05, 4.69) is 0 Å². The first-order valence-corrected chi connectivity index (χ1v) is 7.72. The van der Waals surface area contributed by atoms with Crippen molar-refractivity contribution in [2.24, 2.45) is 0 Å². The number of halogens is 3. The van der Waals surface area contributed by atoms with Gasteiger partial charge in [-0.3, -0.25) is 0 Å². The fourth-order valence-electron chi connectivity index (χ4n) is 1.80. The number of hydrogen-bond donors (Lipinski definition) is 0. The molecule has 4 nitrogen and oxygen atoms in total. The summed E-state index contributed by atoms with van der Waals surface area (Å²) < 4.78 is 68.7. The molecule has 21 heavy (non-hydrogen) atoms. The van der Waals surface area contributed by atoms with Crippen molar-refractivity contribution in [3.05, 3.63) is 59.2 Å². The van der Waals surface area contributed by atoms with Crippen molar-refractivity contribution in [1.29, 1.82) is 0 Å². The molecule has 0 aliphatic heterocycles. The van der Waals surface area contributed by atoms with Gasteiger partial charge < -0.3 is 4.74 Å². The minimum absolute atomic E-state index is 0.185. The van der Waals surface area contributed by atoms with Crippen LogP contribution in [0.3, 0.4) is 0 Å². The summed E-state index contributed by atoms with van der Waals surface area (Å²) in [5.41, 5.74) is -0.234. The lowest BCUT2D eigenvalue weighted by molar-refractivity contribution is 0.0987. The number of nitrogens with zero attached hydrogens (tertiary/aromatic N) is 1. The normalized spacial score (nSPS) is 11.8. The van der Waals surface area contributed by atoms with E-state index in [0.717, 1.165) is 16.3 Å². The van der Waals surface area contributed by atoms with Crippen LogP contribution in [0.5, 0.6) is 0 Å². The van der Waals surface area contributed by atoms with E-state index in [4.69, 9.17) is 4.74 Å². The monoisotopic (exact) mass is 319 g/mol. The molecule has 0 atom stereocenters. The zero-order chi connectivity index (χ0) is 15.6. The molecule has 0 fully saturated rings. The first-order chi connectivity index (χ1) is 9.80. The molecule has 0 amide bonds. The molecule has 2 aromatic rings. The maximum atomic E-state index is 13.4. The van der Waals surface area contributed by atoms with Crippen molar-refractivity contribution in [3.63, 3.8) is 0 Å². The van der Waals surface area contributed by atoms with E-state index in [1.807, 2.05) is 0 Å². The molecule has 0 aliphatic rings. The highest BCUT2D eigenvalue weighted by atomic mass is 32.2. The summed E-state index contributed by atoms with van der Waals surface area (Å²) in [7, 11) is -3.48. The number of benzene rings is 1. The maximum Gasteiger partial charge on any atom is 0.235 e. The van der Waals surface area contributed by atoms with Gasteiger partial charge in [0, 0.05) is 6.20 Å². The predicted octanol–water partition coefficient (Wildman–Crippen LogP) is 2.43. The summed E-state index contributed by atoms with van der Waals surface area (Å²) in [6.45, 7) is -0.695. The topological polar surface area (TPSA) is 48.3 Å². The van der Waals surface area contributed by atoms with Gasteiger partial charge in [0.1, 0.15) is 5.82 Å². The lowest BCUT2D eigenvalue weighted by atomic mass is 10.2.